The van der Waals surface area contributed by atoms with E-state index >= 15 is 0 Å². The van der Waals surface area contributed by atoms with Crippen LogP contribution in [0.25, 0.3) is 5.65 Å². The zero-order valence-corrected chi connectivity index (χ0v) is 20.7. The molecule has 0 bridgehead atoms. The van der Waals surface area contributed by atoms with Gasteiger partial charge >= 0.3 is 11.9 Å². The Kier molecular flexibility index (Phi) is 7.88. The molecule has 10 heteroatoms. The van der Waals surface area contributed by atoms with Gasteiger partial charge in [0, 0.05) is 66.6 Å². The van der Waals surface area contributed by atoms with Crippen LogP contribution in [0.1, 0.15) is 22.7 Å². The van der Waals surface area contributed by atoms with Crippen LogP contribution in [0.15, 0.2) is 59.5 Å². The second kappa shape index (κ2) is 11.3. The number of hydrogen-bond donors (Lipinski definition) is 2. The minimum Gasteiger partial charge on any atom is -0.493 e. The van der Waals surface area contributed by atoms with Crippen LogP contribution in [0.4, 0.5) is 0 Å². The highest BCUT2D eigenvalue weighted by molar-refractivity contribution is 5.89. The number of aromatic nitrogens is 2. The molecule has 2 N–H and O–H groups in total. The number of nitrogens with zero attached hydrogens (tertiary/aromatic N) is 3. The molecule has 5 rings (SSSR count). The first-order chi connectivity index (χ1) is 17.8. The molecule has 0 aliphatic carbocycles. The second-order valence-electron chi connectivity index (χ2n) is 8.99. The Morgan fingerprint density at radius 1 is 1.14 bits per heavy atom. The van der Waals surface area contributed by atoms with E-state index in [1.54, 1.807) is 17.7 Å². The first-order valence-electron chi connectivity index (χ1n) is 11.9. The molecule has 2 aliphatic rings. The molecule has 2 aliphatic heterocycles. The summed E-state index contributed by atoms with van der Waals surface area (Å²) >= 11 is 0. The first-order valence-corrected chi connectivity index (χ1v) is 11.9. The molecule has 1 fully saturated rings. The Bertz CT molecular complexity index is 1380. The van der Waals surface area contributed by atoms with Gasteiger partial charge in [0.15, 0.2) is 11.5 Å². The zero-order chi connectivity index (χ0) is 26.5. The Balaban J connectivity index is 0.000000349. The van der Waals surface area contributed by atoms with Crippen LogP contribution in [0.2, 0.25) is 0 Å². The summed E-state index contributed by atoms with van der Waals surface area (Å²) < 4.78 is 13.2. The van der Waals surface area contributed by atoms with Crippen molar-refractivity contribution >= 4 is 17.6 Å². The summed E-state index contributed by atoms with van der Waals surface area (Å²) in [5.41, 5.74) is 3.63. The van der Waals surface area contributed by atoms with Crippen LogP contribution >= 0.6 is 0 Å². The van der Waals surface area contributed by atoms with Gasteiger partial charge in [-0.05, 0) is 31.5 Å². The highest BCUT2D eigenvalue weighted by atomic mass is 16.5. The normalized spacial score (nSPS) is 18.4. The van der Waals surface area contributed by atoms with Gasteiger partial charge in [-0.25, -0.2) is 14.6 Å². The number of aryl methyl sites for hydroxylation is 1. The molecule has 0 unspecified atom stereocenters. The van der Waals surface area contributed by atoms with Crippen molar-refractivity contribution in [1.29, 1.82) is 0 Å². The lowest BCUT2D eigenvalue weighted by Crippen LogP contribution is -2.28. The number of hydrogen-bond acceptors (Lipinski definition) is 7. The highest BCUT2D eigenvalue weighted by Crippen LogP contribution is 2.45. The predicted molar refractivity (Wildman–Crippen MR) is 135 cm³/mol. The van der Waals surface area contributed by atoms with Crippen molar-refractivity contribution in [3.8, 4) is 11.5 Å². The summed E-state index contributed by atoms with van der Waals surface area (Å²) in [5, 5.41) is 15.6. The van der Waals surface area contributed by atoms with Crippen molar-refractivity contribution in [3.63, 3.8) is 0 Å². The van der Waals surface area contributed by atoms with E-state index in [-0.39, 0.29) is 5.56 Å². The summed E-state index contributed by atoms with van der Waals surface area (Å²) in [6, 6.07) is 11.8. The van der Waals surface area contributed by atoms with Crippen LogP contribution in [-0.4, -0.2) is 69.8 Å². The third kappa shape index (κ3) is 5.80. The molecule has 0 spiro atoms. The lowest BCUT2D eigenvalue weighted by atomic mass is 9.87. The van der Waals surface area contributed by atoms with Crippen molar-refractivity contribution in [2.24, 2.45) is 5.92 Å². The fourth-order valence-electron chi connectivity index (χ4n) is 4.93. The predicted octanol–water partition coefficient (Wildman–Crippen LogP) is 2.37. The number of methoxy groups -OCH3 is 1. The molecule has 194 valence electrons. The molecule has 0 amide bonds. The maximum atomic E-state index is 12.9. The Morgan fingerprint density at radius 2 is 1.89 bits per heavy atom. The number of rotatable bonds is 6. The Hall–Kier alpha value is -4.18. The van der Waals surface area contributed by atoms with Crippen LogP contribution in [0, 0.1) is 12.8 Å². The number of para-hydroxylation sites is 1. The Morgan fingerprint density at radius 3 is 2.59 bits per heavy atom. The van der Waals surface area contributed by atoms with E-state index in [0.717, 1.165) is 42.4 Å². The van der Waals surface area contributed by atoms with E-state index in [4.69, 9.17) is 19.7 Å². The van der Waals surface area contributed by atoms with Gasteiger partial charge in [0.25, 0.3) is 5.56 Å². The van der Waals surface area contributed by atoms with Crippen LogP contribution < -0.4 is 15.0 Å². The number of carboxylic acid groups (broad SMARTS) is 2. The van der Waals surface area contributed by atoms with Crippen LogP contribution in [0.5, 0.6) is 11.5 Å². The molecular weight excluding hydrogens is 478 g/mol. The van der Waals surface area contributed by atoms with Crippen molar-refractivity contribution in [1.82, 2.24) is 14.3 Å². The standard InChI is InChI=1S/C23H25N3O3.C4H4O4/c1-15-17(23(27)26-10-4-3-8-21(26)24-15)9-11-25-12-16-14-29-22-18(19(16)13-25)6-5-7-20(22)28-2;5-3(6)1-2-4(7)8/h3-8,10,16,19H,9,11-14H2,1-2H3;1-2H,(H,5,6)(H,7,8)/b;2-1+/t16-,19-;/m0./s1. The SMILES string of the molecule is COc1cccc2c1OC[C@@H]1CN(CCc3c(C)nc4ccccn4c3=O)C[C@H]21.O=C(O)/C=C/C(=O)O. The quantitative estimate of drug-likeness (QED) is 0.483. The largest absolute Gasteiger partial charge is 0.493 e. The molecule has 0 saturated carbocycles. The van der Waals surface area contributed by atoms with E-state index in [0.29, 0.717) is 42.7 Å². The topological polar surface area (TPSA) is 131 Å². The van der Waals surface area contributed by atoms with Gasteiger partial charge in [-0.3, -0.25) is 9.20 Å². The summed E-state index contributed by atoms with van der Waals surface area (Å²) in [6.07, 6.45) is 3.62. The average molecular weight is 508 g/mol. The highest BCUT2D eigenvalue weighted by Gasteiger charge is 2.39. The van der Waals surface area contributed by atoms with Crippen LogP contribution in [0.3, 0.4) is 0 Å². The number of fused-ring (bicyclic) bond motifs is 4. The van der Waals surface area contributed by atoms with E-state index in [1.165, 1.54) is 5.56 Å². The first kappa shape index (κ1) is 25.9. The third-order valence-electron chi connectivity index (χ3n) is 6.67. The number of benzene rings is 1. The van der Waals surface area contributed by atoms with Gasteiger partial charge in [0.2, 0.25) is 0 Å². The van der Waals surface area contributed by atoms with Gasteiger partial charge < -0.3 is 24.6 Å². The summed E-state index contributed by atoms with van der Waals surface area (Å²) in [6.45, 7) is 5.47. The fraction of sp³-hybridized carbons (Fsp3) is 0.333. The molecule has 37 heavy (non-hydrogen) atoms. The number of pyridine rings is 1. The average Bonchev–Trinajstić information content (AvgIpc) is 3.31. The number of aliphatic carboxylic acids is 2. The lowest BCUT2D eigenvalue weighted by Gasteiger charge is -2.28. The maximum Gasteiger partial charge on any atom is 0.328 e. The summed E-state index contributed by atoms with van der Waals surface area (Å²) in [5.74, 6) is 0.119. The smallest absolute Gasteiger partial charge is 0.328 e. The molecule has 4 heterocycles. The molecule has 1 aromatic carbocycles. The summed E-state index contributed by atoms with van der Waals surface area (Å²) in [4.78, 5) is 39.1. The van der Waals surface area contributed by atoms with E-state index in [1.807, 2.05) is 37.3 Å². The van der Waals surface area contributed by atoms with Gasteiger partial charge in [-0.2, -0.15) is 0 Å². The fourth-order valence-corrected chi connectivity index (χ4v) is 4.93. The van der Waals surface area contributed by atoms with Crippen LogP contribution in [-0.2, 0) is 16.0 Å². The van der Waals surface area contributed by atoms with Crippen molar-refractivity contribution in [2.75, 3.05) is 33.4 Å². The van der Waals surface area contributed by atoms with E-state index in [9.17, 15) is 14.4 Å². The van der Waals surface area contributed by atoms with Gasteiger partial charge in [-0.1, -0.05) is 18.2 Å². The van der Waals surface area contributed by atoms with Gasteiger partial charge in [0.05, 0.1) is 13.7 Å². The molecule has 0 radical (unpaired) electrons. The minimum atomic E-state index is -1.26. The molecule has 3 aromatic rings. The molecule has 2 aromatic heterocycles. The van der Waals surface area contributed by atoms with Crippen molar-refractivity contribution < 1.29 is 29.3 Å². The van der Waals surface area contributed by atoms with Gasteiger partial charge in [-0.15, -0.1) is 0 Å². The molecule has 2 atom stereocenters. The number of carboxylic acids is 2. The molecular formula is C27H29N3O7. The minimum absolute atomic E-state index is 0.0446. The molecule has 10 nitrogen and oxygen atoms in total. The third-order valence-corrected chi connectivity index (χ3v) is 6.67. The second-order valence-corrected chi connectivity index (χ2v) is 8.99. The Labute approximate surface area is 213 Å². The van der Waals surface area contributed by atoms with Gasteiger partial charge in [0.1, 0.15) is 5.65 Å². The van der Waals surface area contributed by atoms with E-state index in [2.05, 4.69) is 16.0 Å². The maximum absolute atomic E-state index is 12.9. The van der Waals surface area contributed by atoms with Crippen molar-refractivity contribution in [2.45, 2.75) is 19.3 Å². The number of carbonyl (C=O) groups is 2. The van der Waals surface area contributed by atoms with Crippen molar-refractivity contribution in [3.05, 3.63) is 81.9 Å². The van der Waals surface area contributed by atoms with E-state index < -0.39 is 11.9 Å². The zero-order valence-electron chi connectivity index (χ0n) is 20.7. The lowest BCUT2D eigenvalue weighted by molar-refractivity contribution is -0.134. The molecule has 1 saturated heterocycles. The monoisotopic (exact) mass is 507 g/mol. The summed E-state index contributed by atoms with van der Waals surface area (Å²) in [7, 11) is 1.68. The number of likely N-dealkylation sites (tertiary alicyclic amines) is 1. The number of ether oxygens (including phenoxy) is 2.